The molecule has 0 saturated heterocycles. The Labute approximate surface area is 144 Å². The molecule has 0 spiro atoms. The van der Waals surface area contributed by atoms with Gasteiger partial charge in [-0.1, -0.05) is 41.9 Å². The molecule has 128 valence electrons. The topological polar surface area (TPSA) is 68.0 Å². The van der Waals surface area contributed by atoms with Gasteiger partial charge < -0.3 is 5.11 Å². The van der Waals surface area contributed by atoms with Crippen molar-refractivity contribution in [2.75, 3.05) is 0 Å². The van der Waals surface area contributed by atoms with Gasteiger partial charge in [0.05, 0.1) is 16.3 Å². The van der Waals surface area contributed by atoms with Crippen LogP contribution in [0.15, 0.2) is 48.5 Å². The highest BCUT2D eigenvalue weighted by molar-refractivity contribution is 6.32. The Bertz CT molecular complexity index is 940. The number of aromatic carboxylic acids is 1. The first-order valence-corrected chi connectivity index (χ1v) is 7.28. The van der Waals surface area contributed by atoms with Crippen molar-refractivity contribution >= 4 is 17.6 Å². The van der Waals surface area contributed by atoms with E-state index in [0.29, 0.717) is 5.56 Å². The van der Waals surface area contributed by atoms with Gasteiger partial charge in [0.15, 0.2) is 5.82 Å². The molecule has 2 aromatic carbocycles. The molecule has 0 amide bonds. The summed E-state index contributed by atoms with van der Waals surface area (Å²) >= 11 is 5.98. The lowest BCUT2D eigenvalue weighted by molar-refractivity contribution is -0.137. The van der Waals surface area contributed by atoms with Crippen molar-refractivity contribution in [3.05, 3.63) is 64.9 Å². The van der Waals surface area contributed by atoms with Crippen molar-refractivity contribution < 1.29 is 23.1 Å². The third-order valence-corrected chi connectivity index (χ3v) is 3.64. The van der Waals surface area contributed by atoms with Crippen LogP contribution in [0.2, 0.25) is 5.02 Å². The monoisotopic (exact) mass is 367 g/mol. The number of benzene rings is 2. The quantitative estimate of drug-likeness (QED) is 0.749. The predicted molar refractivity (Wildman–Crippen MR) is 83.8 cm³/mol. The number of hydrogen-bond donors (Lipinski definition) is 1. The molecule has 0 atom stereocenters. The van der Waals surface area contributed by atoms with E-state index in [2.05, 4.69) is 10.1 Å². The third-order valence-electron chi connectivity index (χ3n) is 3.33. The minimum atomic E-state index is -4.54. The maximum atomic E-state index is 12.8. The molecule has 5 nitrogen and oxygen atoms in total. The van der Waals surface area contributed by atoms with E-state index < -0.39 is 23.5 Å². The molecular weight excluding hydrogens is 359 g/mol. The van der Waals surface area contributed by atoms with E-state index in [1.165, 1.54) is 0 Å². The van der Waals surface area contributed by atoms with Gasteiger partial charge in [-0.2, -0.15) is 13.2 Å². The average Bonchev–Trinajstić information content (AvgIpc) is 3.00. The van der Waals surface area contributed by atoms with Gasteiger partial charge in [0.1, 0.15) is 0 Å². The summed E-state index contributed by atoms with van der Waals surface area (Å²) in [6.45, 7) is 0. The second kappa shape index (κ2) is 6.21. The number of aromatic nitrogens is 3. The lowest BCUT2D eigenvalue weighted by Gasteiger charge is -2.11. The molecule has 3 aromatic rings. The van der Waals surface area contributed by atoms with Crippen LogP contribution in [0, 0.1) is 0 Å². The van der Waals surface area contributed by atoms with Gasteiger partial charge in [0, 0.05) is 5.56 Å². The van der Waals surface area contributed by atoms with Gasteiger partial charge in [0.25, 0.3) is 5.82 Å². The lowest BCUT2D eigenvalue weighted by atomic mass is 10.2. The summed E-state index contributed by atoms with van der Waals surface area (Å²) < 4.78 is 39.5. The number of nitrogens with zero attached hydrogens (tertiary/aromatic N) is 3. The van der Waals surface area contributed by atoms with Gasteiger partial charge in [0.2, 0.25) is 0 Å². The molecule has 9 heteroatoms. The fourth-order valence-electron chi connectivity index (χ4n) is 2.20. The minimum Gasteiger partial charge on any atom is -0.475 e. The van der Waals surface area contributed by atoms with E-state index in [1.807, 2.05) is 0 Å². The standard InChI is InChI=1S/C16H9ClF3N3O2/c17-11-8-10(16(18,19)20)6-7-12(11)23-14(9-4-2-1-3-5-9)21-13(22-23)15(24)25/h1-8H,(H,24,25). The summed E-state index contributed by atoms with van der Waals surface area (Å²) in [5, 5.41) is 12.7. The molecule has 0 fully saturated rings. The number of carboxylic acid groups (broad SMARTS) is 1. The fraction of sp³-hybridized carbons (Fsp3) is 0.0625. The molecule has 0 bridgehead atoms. The van der Waals surface area contributed by atoms with Crippen molar-refractivity contribution in [3.8, 4) is 17.1 Å². The fourth-order valence-corrected chi connectivity index (χ4v) is 2.46. The third kappa shape index (κ3) is 3.34. The summed E-state index contributed by atoms with van der Waals surface area (Å²) in [6, 6.07) is 11.2. The number of hydrogen-bond acceptors (Lipinski definition) is 3. The Kier molecular flexibility index (Phi) is 4.22. The average molecular weight is 368 g/mol. The predicted octanol–water partition coefficient (Wildman–Crippen LogP) is 4.30. The van der Waals surface area contributed by atoms with E-state index in [1.54, 1.807) is 30.3 Å². The molecule has 3 rings (SSSR count). The Balaban J connectivity index is 2.19. The highest BCUT2D eigenvalue weighted by Gasteiger charge is 2.31. The van der Waals surface area contributed by atoms with Crippen LogP contribution in [-0.2, 0) is 6.18 Å². The highest BCUT2D eigenvalue weighted by Crippen LogP contribution is 2.34. The Morgan fingerprint density at radius 2 is 1.80 bits per heavy atom. The lowest BCUT2D eigenvalue weighted by Crippen LogP contribution is -2.07. The van der Waals surface area contributed by atoms with Crippen LogP contribution in [0.4, 0.5) is 13.2 Å². The second-order valence-electron chi connectivity index (χ2n) is 5.01. The van der Waals surface area contributed by atoms with Gasteiger partial charge in [-0.3, -0.25) is 0 Å². The number of rotatable bonds is 3. The van der Waals surface area contributed by atoms with Crippen molar-refractivity contribution in [1.29, 1.82) is 0 Å². The van der Waals surface area contributed by atoms with E-state index in [4.69, 9.17) is 16.7 Å². The SMILES string of the molecule is O=C(O)c1nc(-c2ccccc2)n(-c2ccc(C(F)(F)F)cc2Cl)n1. The summed E-state index contributed by atoms with van der Waals surface area (Å²) in [5.74, 6) is -1.70. The van der Waals surface area contributed by atoms with E-state index in [9.17, 15) is 18.0 Å². The zero-order valence-electron chi connectivity index (χ0n) is 12.3. The zero-order valence-corrected chi connectivity index (χ0v) is 13.1. The first-order valence-electron chi connectivity index (χ1n) is 6.90. The van der Waals surface area contributed by atoms with Gasteiger partial charge in [-0.15, -0.1) is 5.10 Å². The molecule has 25 heavy (non-hydrogen) atoms. The second-order valence-corrected chi connectivity index (χ2v) is 5.41. The Morgan fingerprint density at radius 3 is 2.36 bits per heavy atom. The number of carbonyl (C=O) groups is 1. The Hall–Kier alpha value is -2.87. The van der Waals surface area contributed by atoms with Crippen molar-refractivity contribution in [3.63, 3.8) is 0 Å². The van der Waals surface area contributed by atoms with Crippen LogP contribution in [0.25, 0.3) is 17.1 Å². The van der Waals surface area contributed by atoms with Gasteiger partial charge in [-0.05, 0) is 18.2 Å². The molecule has 0 unspecified atom stereocenters. The highest BCUT2D eigenvalue weighted by atomic mass is 35.5. The first-order chi connectivity index (χ1) is 11.8. The molecule has 1 N–H and O–H groups in total. The van der Waals surface area contributed by atoms with E-state index >= 15 is 0 Å². The van der Waals surface area contributed by atoms with Gasteiger partial charge in [-0.25, -0.2) is 14.5 Å². The minimum absolute atomic E-state index is 0.0912. The molecule has 0 radical (unpaired) electrons. The van der Waals surface area contributed by atoms with Gasteiger partial charge >= 0.3 is 12.1 Å². The van der Waals surface area contributed by atoms with Crippen LogP contribution in [0.5, 0.6) is 0 Å². The summed E-state index contributed by atoms with van der Waals surface area (Å²) in [4.78, 5) is 15.1. The summed E-state index contributed by atoms with van der Waals surface area (Å²) in [5.41, 5.74) is -0.284. The largest absolute Gasteiger partial charge is 0.475 e. The van der Waals surface area contributed by atoms with Crippen molar-refractivity contribution in [1.82, 2.24) is 14.8 Å². The van der Waals surface area contributed by atoms with E-state index in [0.717, 1.165) is 22.9 Å². The molecular formula is C16H9ClF3N3O2. The molecule has 0 aliphatic carbocycles. The van der Waals surface area contributed by atoms with Crippen LogP contribution >= 0.6 is 11.6 Å². The van der Waals surface area contributed by atoms with Crippen molar-refractivity contribution in [2.45, 2.75) is 6.18 Å². The maximum Gasteiger partial charge on any atom is 0.416 e. The van der Waals surface area contributed by atoms with E-state index in [-0.39, 0.29) is 16.5 Å². The van der Waals surface area contributed by atoms with Crippen LogP contribution in [-0.4, -0.2) is 25.8 Å². The maximum absolute atomic E-state index is 12.8. The molecule has 0 aliphatic heterocycles. The number of alkyl halides is 3. The molecule has 0 aliphatic rings. The van der Waals surface area contributed by atoms with Crippen molar-refractivity contribution in [2.24, 2.45) is 0 Å². The molecule has 0 saturated carbocycles. The first kappa shape index (κ1) is 17.0. The van der Waals surface area contributed by atoms with Crippen LogP contribution in [0.1, 0.15) is 16.2 Å². The Morgan fingerprint density at radius 1 is 1.12 bits per heavy atom. The van der Waals surface area contributed by atoms with Crippen LogP contribution in [0.3, 0.4) is 0 Å². The number of carboxylic acids is 1. The van der Waals surface area contributed by atoms with Crippen LogP contribution < -0.4 is 0 Å². The summed E-state index contributed by atoms with van der Waals surface area (Å²) in [6.07, 6.45) is -4.54. The summed E-state index contributed by atoms with van der Waals surface area (Å²) in [7, 11) is 0. The number of halogens is 4. The zero-order chi connectivity index (χ0) is 18.2. The smallest absolute Gasteiger partial charge is 0.416 e. The molecule has 1 heterocycles. The normalized spacial score (nSPS) is 11.5. The molecule has 1 aromatic heterocycles.